The number of nitrogens with one attached hydrogen (secondary N) is 2. The molecule has 0 amide bonds. The van der Waals surface area contributed by atoms with Crippen molar-refractivity contribution < 1.29 is 0 Å². The largest absolute Gasteiger partial charge is 0.361 e. The maximum atomic E-state index is 3.40. The Balaban J connectivity index is 0.000000121. The zero-order valence-corrected chi connectivity index (χ0v) is 14.3. The van der Waals surface area contributed by atoms with Crippen molar-refractivity contribution in [2.45, 2.75) is 0 Å². The number of aromatic nitrogens is 2. The summed E-state index contributed by atoms with van der Waals surface area (Å²) in [6.45, 7) is 0. The highest BCUT2D eigenvalue weighted by atomic mass is 127. The molecule has 0 radical (unpaired) electrons. The van der Waals surface area contributed by atoms with Crippen molar-refractivity contribution in [1.82, 2.24) is 9.97 Å². The van der Waals surface area contributed by atoms with Crippen LogP contribution in [0.3, 0.4) is 0 Å². The maximum Gasteiger partial charge on any atom is 0.0454 e. The van der Waals surface area contributed by atoms with Crippen LogP contribution >= 0.6 is 38.5 Å². The summed E-state index contributed by atoms with van der Waals surface area (Å²) in [4.78, 5) is 6.27. The second-order valence-electron chi connectivity index (χ2n) is 4.42. The number of rotatable bonds is 0. The molecule has 0 bridgehead atoms. The van der Waals surface area contributed by atoms with Crippen LogP contribution in [0.2, 0.25) is 0 Å². The Labute approximate surface area is 138 Å². The van der Waals surface area contributed by atoms with Crippen LogP contribution in [0, 0.1) is 3.57 Å². The fourth-order valence-electron chi connectivity index (χ4n) is 2.05. The molecule has 4 aromatic rings. The topological polar surface area (TPSA) is 31.6 Å². The van der Waals surface area contributed by atoms with Gasteiger partial charge in [0, 0.05) is 42.2 Å². The molecule has 2 heterocycles. The summed E-state index contributed by atoms with van der Waals surface area (Å²) in [5, 5.41) is 2.53. The molecule has 100 valence electrons. The van der Waals surface area contributed by atoms with Gasteiger partial charge in [0.25, 0.3) is 0 Å². The molecule has 2 nitrogen and oxygen atoms in total. The highest BCUT2D eigenvalue weighted by Crippen LogP contribution is 2.17. The van der Waals surface area contributed by atoms with Gasteiger partial charge in [0.15, 0.2) is 0 Å². The van der Waals surface area contributed by atoms with Crippen molar-refractivity contribution in [2.75, 3.05) is 0 Å². The zero-order valence-electron chi connectivity index (χ0n) is 10.5. The first-order valence-electron chi connectivity index (χ1n) is 6.18. The molecular formula is C16H12BrIN2. The lowest BCUT2D eigenvalue weighted by Crippen LogP contribution is -1.68. The number of aromatic amines is 2. The van der Waals surface area contributed by atoms with Crippen LogP contribution in [0.4, 0.5) is 0 Å². The van der Waals surface area contributed by atoms with Crippen molar-refractivity contribution in [3.63, 3.8) is 0 Å². The van der Waals surface area contributed by atoms with Gasteiger partial charge < -0.3 is 9.97 Å². The second kappa shape index (κ2) is 6.01. The number of hydrogen-bond acceptors (Lipinski definition) is 0. The van der Waals surface area contributed by atoms with Gasteiger partial charge in [-0.1, -0.05) is 15.9 Å². The molecule has 0 saturated carbocycles. The molecule has 4 heteroatoms. The SMILES string of the molecule is Brc1ccc2[nH]ccc2c1.Ic1ccc2[nH]ccc2c1. The number of fused-ring (bicyclic) bond motifs is 2. The molecule has 4 rings (SSSR count). The van der Waals surface area contributed by atoms with Gasteiger partial charge in [0.2, 0.25) is 0 Å². The molecular weight excluding hydrogens is 427 g/mol. The number of H-pyrrole nitrogens is 2. The molecule has 0 aliphatic rings. The van der Waals surface area contributed by atoms with Crippen LogP contribution < -0.4 is 0 Å². The first-order valence-corrected chi connectivity index (χ1v) is 8.05. The summed E-state index contributed by atoms with van der Waals surface area (Å²) in [7, 11) is 0. The molecule has 0 aliphatic carbocycles. The van der Waals surface area contributed by atoms with E-state index in [1.54, 1.807) is 0 Å². The number of hydrogen-bond donors (Lipinski definition) is 2. The molecule has 2 N–H and O–H groups in total. The Morgan fingerprint density at radius 2 is 1.35 bits per heavy atom. The quantitative estimate of drug-likeness (QED) is 0.330. The monoisotopic (exact) mass is 438 g/mol. The highest BCUT2D eigenvalue weighted by Gasteiger charge is 1.92. The molecule has 0 spiro atoms. The summed E-state index contributed by atoms with van der Waals surface area (Å²) in [6, 6.07) is 16.7. The van der Waals surface area contributed by atoms with Gasteiger partial charge >= 0.3 is 0 Å². The third-order valence-electron chi connectivity index (χ3n) is 3.03. The predicted molar refractivity (Wildman–Crippen MR) is 97.0 cm³/mol. The summed E-state index contributed by atoms with van der Waals surface area (Å²) >= 11 is 5.71. The average Bonchev–Trinajstić information content (AvgIpc) is 3.06. The van der Waals surface area contributed by atoms with Gasteiger partial charge in [0.1, 0.15) is 0 Å². The lowest BCUT2D eigenvalue weighted by atomic mass is 10.3. The van der Waals surface area contributed by atoms with E-state index in [0.717, 1.165) is 4.47 Å². The highest BCUT2D eigenvalue weighted by molar-refractivity contribution is 14.1. The second-order valence-corrected chi connectivity index (χ2v) is 6.58. The van der Waals surface area contributed by atoms with Crippen LogP contribution in [-0.2, 0) is 0 Å². The fourth-order valence-corrected chi connectivity index (χ4v) is 2.94. The summed E-state index contributed by atoms with van der Waals surface area (Å²) in [5.74, 6) is 0. The van der Waals surface area contributed by atoms with E-state index in [2.05, 4.69) is 91.0 Å². The van der Waals surface area contributed by atoms with Gasteiger partial charge in [0.05, 0.1) is 0 Å². The van der Waals surface area contributed by atoms with Gasteiger partial charge in [-0.15, -0.1) is 0 Å². The van der Waals surface area contributed by atoms with Crippen molar-refractivity contribution in [3.8, 4) is 0 Å². The Hall–Kier alpha value is -1.27. The molecule has 20 heavy (non-hydrogen) atoms. The van der Waals surface area contributed by atoms with Crippen molar-refractivity contribution in [2.24, 2.45) is 0 Å². The van der Waals surface area contributed by atoms with Crippen LogP contribution in [0.15, 0.2) is 65.4 Å². The minimum absolute atomic E-state index is 1.12. The van der Waals surface area contributed by atoms with E-state index < -0.39 is 0 Å². The van der Waals surface area contributed by atoms with Crippen molar-refractivity contribution in [3.05, 3.63) is 69.0 Å². The van der Waals surface area contributed by atoms with Gasteiger partial charge in [-0.2, -0.15) is 0 Å². The van der Waals surface area contributed by atoms with Crippen molar-refractivity contribution in [1.29, 1.82) is 0 Å². The molecule has 2 aromatic heterocycles. The van der Waals surface area contributed by atoms with E-state index in [1.165, 1.54) is 25.4 Å². The summed E-state index contributed by atoms with van der Waals surface area (Å²) < 4.78 is 2.41. The standard InChI is InChI=1S/C8H6BrN.C8H6IN/c2*9-7-1-2-8-6(5-7)3-4-10-8/h2*1-5,10H. The minimum atomic E-state index is 1.12. The molecule has 0 saturated heterocycles. The third-order valence-corrected chi connectivity index (χ3v) is 4.19. The van der Waals surface area contributed by atoms with E-state index in [1.807, 2.05) is 18.5 Å². The van der Waals surface area contributed by atoms with E-state index in [0.29, 0.717) is 0 Å². The molecule has 0 fully saturated rings. The van der Waals surface area contributed by atoms with Crippen molar-refractivity contribution >= 4 is 60.3 Å². The van der Waals surface area contributed by atoms with Crippen LogP contribution in [0.1, 0.15) is 0 Å². The number of benzene rings is 2. The normalized spacial score (nSPS) is 10.5. The summed E-state index contributed by atoms with van der Waals surface area (Å²) in [6.07, 6.45) is 3.90. The average molecular weight is 439 g/mol. The van der Waals surface area contributed by atoms with E-state index in [-0.39, 0.29) is 0 Å². The number of halogens is 2. The van der Waals surface area contributed by atoms with Crippen LogP contribution in [0.5, 0.6) is 0 Å². The minimum Gasteiger partial charge on any atom is -0.361 e. The van der Waals surface area contributed by atoms with E-state index in [4.69, 9.17) is 0 Å². The van der Waals surface area contributed by atoms with E-state index in [9.17, 15) is 0 Å². The van der Waals surface area contributed by atoms with Crippen LogP contribution in [-0.4, -0.2) is 9.97 Å². The van der Waals surface area contributed by atoms with Crippen LogP contribution in [0.25, 0.3) is 21.8 Å². The Morgan fingerprint density at radius 3 is 2.05 bits per heavy atom. The van der Waals surface area contributed by atoms with Gasteiger partial charge in [-0.3, -0.25) is 0 Å². The molecule has 0 atom stereocenters. The third kappa shape index (κ3) is 3.07. The first kappa shape index (κ1) is 13.7. The Morgan fingerprint density at radius 1 is 0.750 bits per heavy atom. The smallest absolute Gasteiger partial charge is 0.0454 e. The zero-order chi connectivity index (χ0) is 13.9. The fraction of sp³-hybridized carbons (Fsp3) is 0. The van der Waals surface area contributed by atoms with Gasteiger partial charge in [-0.25, -0.2) is 0 Å². The maximum absolute atomic E-state index is 3.40. The van der Waals surface area contributed by atoms with Gasteiger partial charge in [-0.05, 0) is 71.1 Å². The Kier molecular flexibility index (Phi) is 4.12. The molecule has 0 aliphatic heterocycles. The molecule has 2 aromatic carbocycles. The lowest BCUT2D eigenvalue weighted by Gasteiger charge is -1.89. The lowest BCUT2D eigenvalue weighted by molar-refractivity contribution is 1.48. The Bertz CT molecular complexity index is 776. The first-order chi connectivity index (χ1) is 9.72. The van der Waals surface area contributed by atoms with E-state index >= 15 is 0 Å². The molecule has 0 unspecified atom stereocenters. The summed E-state index contributed by atoms with van der Waals surface area (Å²) in [5.41, 5.74) is 2.39. The predicted octanol–water partition coefficient (Wildman–Crippen LogP) is 5.70.